The number of carbonyl (C=O) groups excluding carboxylic acids is 1. The van der Waals surface area contributed by atoms with Gasteiger partial charge in [0.1, 0.15) is 5.82 Å². The van der Waals surface area contributed by atoms with Crippen molar-refractivity contribution in [1.82, 2.24) is 10.1 Å². The molecule has 0 spiro atoms. The van der Waals surface area contributed by atoms with Gasteiger partial charge in [0.25, 0.3) is 11.8 Å². The van der Waals surface area contributed by atoms with Crippen LogP contribution in [0.1, 0.15) is 15.9 Å². The van der Waals surface area contributed by atoms with E-state index < -0.39 is 0 Å². The maximum Gasteiger partial charge on any atom is 0.258 e. The maximum atomic E-state index is 13.1. The van der Waals surface area contributed by atoms with Crippen LogP contribution < -0.4 is 5.32 Å². The number of hydrogen-bond donors (Lipinski definition) is 1. The molecule has 1 N–H and O–H groups in total. The number of nitriles is 1. The van der Waals surface area contributed by atoms with Crippen LogP contribution in [-0.2, 0) is 0 Å². The average molecular weight is 384 g/mol. The van der Waals surface area contributed by atoms with Crippen LogP contribution in [0.2, 0.25) is 0 Å². The van der Waals surface area contributed by atoms with E-state index in [0.29, 0.717) is 33.8 Å². The fraction of sp³-hybridized carbons (Fsp3) is 0. The monoisotopic (exact) mass is 384 g/mol. The van der Waals surface area contributed by atoms with Crippen LogP contribution in [0.3, 0.4) is 0 Å². The molecule has 4 rings (SSSR count). The van der Waals surface area contributed by atoms with E-state index in [4.69, 9.17) is 9.78 Å². The fourth-order valence-electron chi connectivity index (χ4n) is 2.72. The van der Waals surface area contributed by atoms with Gasteiger partial charge >= 0.3 is 0 Å². The van der Waals surface area contributed by atoms with Crippen molar-refractivity contribution in [2.24, 2.45) is 0 Å². The summed E-state index contributed by atoms with van der Waals surface area (Å²) in [4.78, 5) is 16.9. The Hall–Kier alpha value is -4.31. The van der Waals surface area contributed by atoms with Gasteiger partial charge in [-0.3, -0.25) is 4.79 Å². The Morgan fingerprint density at radius 2 is 1.79 bits per heavy atom. The Morgan fingerprint density at radius 1 is 1.00 bits per heavy atom. The SMILES string of the molecule is N#Cc1cccc(NC(=O)c2cccc(-c3nc(-c4ccc(F)cc4)no3)c2)c1. The van der Waals surface area contributed by atoms with E-state index in [0.717, 1.165) is 0 Å². The lowest BCUT2D eigenvalue weighted by atomic mass is 10.1. The van der Waals surface area contributed by atoms with Gasteiger partial charge in [0.15, 0.2) is 0 Å². The van der Waals surface area contributed by atoms with Gasteiger partial charge in [0, 0.05) is 22.4 Å². The number of amides is 1. The molecule has 0 saturated carbocycles. The van der Waals surface area contributed by atoms with Gasteiger partial charge in [0.2, 0.25) is 5.82 Å². The van der Waals surface area contributed by atoms with Crippen LogP contribution >= 0.6 is 0 Å². The van der Waals surface area contributed by atoms with E-state index in [9.17, 15) is 9.18 Å². The van der Waals surface area contributed by atoms with Crippen molar-refractivity contribution in [1.29, 1.82) is 5.26 Å². The molecule has 0 fully saturated rings. The van der Waals surface area contributed by atoms with Crippen LogP contribution in [0.15, 0.2) is 77.3 Å². The van der Waals surface area contributed by atoms with Crippen LogP contribution in [-0.4, -0.2) is 16.0 Å². The molecule has 1 amide bonds. The predicted molar refractivity (Wildman–Crippen MR) is 104 cm³/mol. The zero-order chi connectivity index (χ0) is 20.2. The minimum absolute atomic E-state index is 0.241. The summed E-state index contributed by atoms with van der Waals surface area (Å²) in [5.41, 5.74) is 2.56. The Morgan fingerprint density at radius 3 is 2.59 bits per heavy atom. The minimum Gasteiger partial charge on any atom is -0.334 e. The normalized spacial score (nSPS) is 10.3. The van der Waals surface area contributed by atoms with Gasteiger partial charge in [-0.2, -0.15) is 10.2 Å². The first-order valence-corrected chi connectivity index (χ1v) is 8.64. The molecular weight excluding hydrogens is 371 g/mol. The van der Waals surface area contributed by atoms with Crippen molar-refractivity contribution in [2.45, 2.75) is 0 Å². The molecule has 1 aromatic heterocycles. The van der Waals surface area contributed by atoms with E-state index in [1.807, 2.05) is 6.07 Å². The first-order valence-electron chi connectivity index (χ1n) is 8.64. The summed E-state index contributed by atoms with van der Waals surface area (Å²) < 4.78 is 18.4. The highest BCUT2D eigenvalue weighted by atomic mass is 19.1. The number of nitrogens with one attached hydrogen (secondary N) is 1. The van der Waals surface area contributed by atoms with Crippen molar-refractivity contribution in [3.63, 3.8) is 0 Å². The number of anilines is 1. The molecule has 0 radical (unpaired) electrons. The van der Waals surface area contributed by atoms with Gasteiger partial charge in [0.05, 0.1) is 11.6 Å². The van der Waals surface area contributed by atoms with Crippen molar-refractivity contribution >= 4 is 11.6 Å². The highest BCUT2D eigenvalue weighted by Gasteiger charge is 2.13. The zero-order valence-corrected chi connectivity index (χ0v) is 15.0. The summed E-state index contributed by atoms with van der Waals surface area (Å²) in [6.45, 7) is 0. The van der Waals surface area contributed by atoms with Crippen LogP contribution in [0, 0.1) is 17.1 Å². The summed E-state index contributed by atoms with van der Waals surface area (Å²) in [6.07, 6.45) is 0. The lowest BCUT2D eigenvalue weighted by Crippen LogP contribution is -2.11. The molecule has 7 heteroatoms. The van der Waals surface area contributed by atoms with Crippen LogP contribution in [0.25, 0.3) is 22.8 Å². The molecule has 4 aromatic rings. The molecule has 0 aliphatic heterocycles. The summed E-state index contributed by atoms with van der Waals surface area (Å²) >= 11 is 0. The minimum atomic E-state index is -0.350. The number of hydrogen-bond acceptors (Lipinski definition) is 5. The first kappa shape index (κ1) is 18.1. The van der Waals surface area contributed by atoms with Gasteiger partial charge in [-0.05, 0) is 60.7 Å². The van der Waals surface area contributed by atoms with Gasteiger partial charge in [-0.25, -0.2) is 4.39 Å². The van der Waals surface area contributed by atoms with Gasteiger partial charge < -0.3 is 9.84 Å². The molecule has 0 unspecified atom stereocenters. The standard InChI is InChI=1S/C22H13FN4O2/c23-18-9-7-15(8-10-18)20-26-22(29-27-20)17-5-2-4-16(12-17)21(28)25-19-6-1-3-14(11-19)13-24/h1-12H,(H,25,28). The lowest BCUT2D eigenvalue weighted by Gasteiger charge is -2.06. The topological polar surface area (TPSA) is 91.8 Å². The highest BCUT2D eigenvalue weighted by Crippen LogP contribution is 2.23. The Labute approximate surface area is 165 Å². The fourth-order valence-corrected chi connectivity index (χ4v) is 2.72. The third kappa shape index (κ3) is 4.01. The molecule has 6 nitrogen and oxygen atoms in total. The number of halogens is 1. The third-order valence-corrected chi connectivity index (χ3v) is 4.15. The van der Waals surface area contributed by atoms with E-state index in [1.165, 1.54) is 12.1 Å². The second-order valence-corrected chi connectivity index (χ2v) is 6.16. The van der Waals surface area contributed by atoms with E-state index in [2.05, 4.69) is 15.5 Å². The molecule has 0 atom stereocenters. The summed E-state index contributed by atoms with van der Waals surface area (Å²) in [6, 6.07) is 21.2. The second kappa shape index (κ2) is 7.74. The smallest absolute Gasteiger partial charge is 0.258 e. The Bertz CT molecular complexity index is 1230. The lowest BCUT2D eigenvalue weighted by molar-refractivity contribution is 0.102. The molecule has 1 heterocycles. The molecule has 140 valence electrons. The Balaban J connectivity index is 1.56. The molecule has 0 aliphatic carbocycles. The second-order valence-electron chi connectivity index (χ2n) is 6.16. The Kier molecular flexibility index (Phi) is 4.82. The van der Waals surface area contributed by atoms with Crippen molar-refractivity contribution in [3.8, 4) is 28.9 Å². The van der Waals surface area contributed by atoms with Gasteiger partial charge in [-0.15, -0.1) is 0 Å². The number of aromatic nitrogens is 2. The number of benzene rings is 3. The number of nitrogens with zero attached hydrogens (tertiary/aromatic N) is 3. The number of carbonyl (C=O) groups is 1. The van der Waals surface area contributed by atoms with E-state index >= 15 is 0 Å². The van der Waals surface area contributed by atoms with Crippen LogP contribution in [0.4, 0.5) is 10.1 Å². The summed E-state index contributed by atoms with van der Waals surface area (Å²) in [5, 5.41) is 15.6. The molecule has 0 saturated heterocycles. The molecular formula is C22H13FN4O2. The van der Waals surface area contributed by atoms with Crippen molar-refractivity contribution < 1.29 is 13.7 Å². The van der Waals surface area contributed by atoms with Crippen molar-refractivity contribution in [2.75, 3.05) is 5.32 Å². The van der Waals surface area contributed by atoms with E-state index in [1.54, 1.807) is 60.7 Å². The summed E-state index contributed by atoms with van der Waals surface area (Å²) in [5.74, 6) is -0.120. The van der Waals surface area contributed by atoms with Crippen LogP contribution in [0.5, 0.6) is 0 Å². The predicted octanol–water partition coefficient (Wildman–Crippen LogP) is 4.67. The van der Waals surface area contributed by atoms with Crippen molar-refractivity contribution in [3.05, 3.63) is 89.7 Å². The van der Waals surface area contributed by atoms with E-state index in [-0.39, 0.29) is 17.6 Å². The number of rotatable bonds is 4. The maximum absolute atomic E-state index is 13.1. The highest BCUT2D eigenvalue weighted by molar-refractivity contribution is 6.04. The molecule has 3 aromatic carbocycles. The zero-order valence-electron chi connectivity index (χ0n) is 15.0. The largest absolute Gasteiger partial charge is 0.334 e. The molecule has 29 heavy (non-hydrogen) atoms. The summed E-state index contributed by atoms with van der Waals surface area (Å²) in [7, 11) is 0. The molecule has 0 bridgehead atoms. The van der Waals surface area contributed by atoms with Gasteiger partial charge in [-0.1, -0.05) is 17.3 Å². The first-order chi connectivity index (χ1) is 14.1. The average Bonchev–Trinajstić information content (AvgIpc) is 3.25. The third-order valence-electron chi connectivity index (χ3n) is 4.15. The quantitative estimate of drug-likeness (QED) is 0.552. The molecule has 0 aliphatic rings.